The molecule has 1 atom stereocenters. The Labute approximate surface area is 108 Å². The molecule has 0 saturated heterocycles. The lowest BCUT2D eigenvalue weighted by atomic mass is 9.89. The van der Waals surface area contributed by atoms with Gasteiger partial charge in [0, 0.05) is 0 Å². The molecule has 2 N–H and O–H groups in total. The third-order valence-corrected chi connectivity index (χ3v) is 3.55. The zero-order valence-corrected chi connectivity index (χ0v) is 11.4. The standard InChI is InChI=1S/C13H23NO4/c1-9(2)10(15)11(16)14-8-18-12(17)13(3)6-4-5-7-13/h9-10,15H,4-8H2,1-3H3,(H,14,16)/t10-/m0/s1. The van der Waals surface area contributed by atoms with E-state index in [1.807, 2.05) is 6.92 Å². The molecule has 1 fully saturated rings. The predicted molar refractivity (Wildman–Crippen MR) is 66.5 cm³/mol. The van der Waals surface area contributed by atoms with Crippen LogP contribution in [0.3, 0.4) is 0 Å². The number of carbonyl (C=O) groups is 2. The Bertz CT molecular complexity index is 308. The second-order valence-corrected chi connectivity index (χ2v) is 5.57. The van der Waals surface area contributed by atoms with Crippen LogP contribution in [0.2, 0.25) is 0 Å². The highest BCUT2D eigenvalue weighted by Gasteiger charge is 2.37. The molecule has 0 radical (unpaired) electrons. The third-order valence-electron chi connectivity index (χ3n) is 3.55. The number of rotatable bonds is 5. The van der Waals surface area contributed by atoms with E-state index in [-0.39, 0.29) is 18.6 Å². The summed E-state index contributed by atoms with van der Waals surface area (Å²) in [6, 6.07) is 0. The molecule has 1 saturated carbocycles. The molecular formula is C13H23NO4. The highest BCUT2D eigenvalue weighted by atomic mass is 16.5. The molecule has 0 heterocycles. The van der Waals surface area contributed by atoms with Crippen molar-refractivity contribution in [2.24, 2.45) is 11.3 Å². The van der Waals surface area contributed by atoms with E-state index in [4.69, 9.17) is 4.74 Å². The van der Waals surface area contributed by atoms with Gasteiger partial charge in [0.1, 0.15) is 6.10 Å². The van der Waals surface area contributed by atoms with E-state index in [0.29, 0.717) is 0 Å². The topological polar surface area (TPSA) is 75.6 Å². The number of carbonyl (C=O) groups excluding carboxylic acids is 2. The molecule has 104 valence electrons. The number of nitrogens with one attached hydrogen (secondary N) is 1. The molecule has 0 aromatic rings. The van der Waals surface area contributed by atoms with Gasteiger partial charge in [-0.2, -0.15) is 0 Å². The van der Waals surface area contributed by atoms with Crippen molar-refractivity contribution in [2.75, 3.05) is 6.73 Å². The second-order valence-electron chi connectivity index (χ2n) is 5.57. The second kappa shape index (κ2) is 6.18. The third kappa shape index (κ3) is 3.70. The van der Waals surface area contributed by atoms with Crippen LogP contribution in [0.1, 0.15) is 46.5 Å². The average Bonchev–Trinajstić information content (AvgIpc) is 2.76. The van der Waals surface area contributed by atoms with E-state index < -0.39 is 17.4 Å². The van der Waals surface area contributed by atoms with Crippen LogP contribution >= 0.6 is 0 Å². The van der Waals surface area contributed by atoms with Crippen molar-refractivity contribution in [1.82, 2.24) is 5.32 Å². The van der Waals surface area contributed by atoms with Gasteiger partial charge < -0.3 is 15.2 Å². The van der Waals surface area contributed by atoms with E-state index in [0.717, 1.165) is 25.7 Å². The maximum absolute atomic E-state index is 11.8. The van der Waals surface area contributed by atoms with Crippen molar-refractivity contribution in [3.8, 4) is 0 Å². The number of hydrogen-bond donors (Lipinski definition) is 2. The quantitative estimate of drug-likeness (QED) is 0.573. The molecule has 0 aromatic carbocycles. The summed E-state index contributed by atoms with van der Waals surface area (Å²) in [4.78, 5) is 23.2. The maximum atomic E-state index is 11.8. The van der Waals surface area contributed by atoms with Crippen LogP contribution in [0.15, 0.2) is 0 Å². The molecule has 0 aromatic heterocycles. The highest BCUT2D eigenvalue weighted by Crippen LogP contribution is 2.38. The monoisotopic (exact) mass is 257 g/mol. The number of amides is 1. The first-order valence-electron chi connectivity index (χ1n) is 6.50. The van der Waals surface area contributed by atoms with E-state index in [9.17, 15) is 14.7 Å². The van der Waals surface area contributed by atoms with Crippen molar-refractivity contribution in [2.45, 2.75) is 52.6 Å². The van der Waals surface area contributed by atoms with Crippen LogP contribution in [0, 0.1) is 11.3 Å². The Balaban J connectivity index is 2.29. The van der Waals surface area contributed by atoms with Crippen molar-refractivity contribution in [3.05, 3.63) is 0 Å². The molecule has 0 spiro atoms. The number of esters is 1. The Morgan fingerprint density at radius 3 is 2.39 bits per heavy atom. The lowest BCUT2D eigenvalue weighted by molar-refractivity contribution is -0.156. The van der Waals surface area contributed by atoms with Crippen LogP contribution in [-0.4, -0.2) is 29.8 Å². The normalized spacial score (nSPS) is 19.6. The molecule has 1 aliphatic carbocycles. The zero-order chi connectivity index (χ0) is 13.8. The van der Waals surface area contributed by atoms with Gasteiger partial charge in [0.25, 0.3) is 5.91 Å². The number of aliphatic hydroxyl groups excluding tert-OH is 1. The van der Waals surface area contributed by atoms with E-state index in [1.165, 1.54) is 0 Å². The fraction of sp³-hybridized carbons (Fsp3) is 0.846. The minimum atomic E-state index is -1.06. The molecule has 0 unspecified atom stereocenters. The SMILES string of the molecule is CC(C)[C@H](O)C(=O)NCOC(=O)C1(C)CCCC1. The van der Waals surface area contributed by atoms with Crippen LogP contribution in [0.25, 0.3) is 0 Å². The minimum absolute atomic E-state index is 0.159. The lowest BCUT2D eigenvalue weighted by Crippen LogP contribution is -2.40. The summed E-state index contributed by atoms with van der Waals surface area (Å²) in [7, 11) is 0. The molecule has 0 aliphatic heterocycles. The number of hydrogen-bond acceptors (Lipinski definition) is 4. The molecule has 5 heteroatoms. The Kier molecular flexibility index (Phi) is 5.14. The first-order chi connectivity index (χ1) is 8.37. The molecule has 1 rings (SSSR count). The van der Waals surface area contributed by atoms with Crippen LogP contribution < -0.4 is 5.32 Å². The van der Waals surface area contributed by atoms with Gasteiger partial charge in [0.05, 0.1) is 5.41 Å². The molecule has 5 nitrogen and oxygen atoms in total. The molecule has 1 amide bonds. The Morgan fingerprint density at radius 1 is 1.33 bits per heavy atom. The van der Waals surface area contributed by atoms with Gasteiger partial charge in [-0.1, -0.05) is 26.7 Å². The van der Waals surface area contributed by atoms with E-state index in [2.05, 4.69) is 5.32 Å². The van der Waals surface area contributed by atoms with Gasteiger partial charge >= 0.3 is 5.97 Å². The van der Waals surface area contributed by atoms with Crippen molar-refractivity contribution >= 4 is 11.9 Å². The first kappa shape index (κ1) is 15.0. The van der Waals surface area contributed by atoms with Crippen molar-refractivity contribution in [1.29, 1.82) is 0 Å². The average molecular weight is 257 g/mol. The van der Waals surface area contributed by atoms with Gasteiger partial charge in [0.2, 0.25) is 0 Å². The molecular weight excluding hydrogens is 234 g/mol. The van der Waals surface area contributed by atoms with Gasteiger partial charge in [-0.25, -0.2) is 0 Å². The minimum Gasteiger partial charge on any atom is -0.444 e. The zero-order valence-electron chi connectivity index (χ0n) is 11.4. The number of aliphatic hydroxyl groups is 1. The van der Waals surface area contributed by atoms with Gasteiger partial charge in [0.15, 0.2) is 6.73 Å². The lowest BCUT2D eigenvalue weighted by Gasteiger charge is -2.21. The summed E-state index contributed by atoms with van der Waals surface area (Å²) in [5.41, 5.74) is -0.401. The summed E-state index contributed by atoms with van der Waals surface area (Å²) in [6.07, 6.45) is 2.71. The number of ether oxygens (including phenoxy) is 1. The molecule has 1 aliphatic rings. The highest BCUT2D eigenvalue weighted by molar-refractivity contribution is 5.81. The summed E-state index contributed by atoms with van der Waals surface area (Å²) in [6.45, 7) is 5.22. The summed E-state index contributed by atoms with van der Waals surface area (Å²) < 4.78 is 5.05. The van der Waals surface area contributed by atoms with Gasteiger partial charge in [-0.05, 0) is 25.7 Å². The largest absolute Gasteiger partial charge is 0.444 e. The Morgan fingerprint density at radius 2 is 1.89 bits per heavy atom. The van der Waals surface area contributed by atoms with Gasteiger partial charge in [-0.3, -0.25) is 9.59 Å². The Hall–Kier alpha value is -1.10. The molecule has 0 bridgehead atoms. The van der Waals surface area contributed by atoms with Crippen molar-refractivity contribution in [3.63, 3.8) is 0 Å². The summed E-state index contributed by atoms with van der Waals surface area (Å²) >= 11 is 0. The van der Waals surface area contributed by atoms with Crippen LogP contribution in [0.5, 0.6) is 0 Å². The predicted octanol–water partition coefficient (Wildman–Crippen LogP) is 1.20. The van der Waals surface area contributed by atoms with E-state index in [1.54, 1.807) is 13.8 Å². The first-order valence-corrected chi connectivity index (χ1v) is 6.50. The van der Waals surface area contributed by atoms with Gasteiger partial charge in [-0.15, -0.1) is 0 Å². The summed E-state index contributed by atoms with van der Waals surface area (Å²) in [5, 5.41) is 11.9. The smallest absolute Gasteiger partial charge is 0.313 e. The summed E-state index contributed by atoms with van der Waals surface area (Å²) in [5.74, 6) is -0.929. The van der Waals surface area contributed by atoms with Crippen LogP contribution in [-0.2, 0) is 14.3 Å². The fourth-order valence-corrected chi connectivity index (χ4v) is 2.11. The maximum Gasteiger partial charge on any atom is 0.313 e. The van der Waals surface area contributed by atoms with Crippen LogP contribution in [0.4, 0.5) is 0 Å². The van der Waals surface area contributed by atoms with Crippen molar-refractivity contribution < 1.29 is 19.4 Å². The molecule has 18 heavy (non-hydrogen) atoms. The fourth-order valence-electron chi connectivity index (χ4n) is 2.11. The van der Waals surface area contributed by atoms with E-state index >= 15 is 0 Å².